The van der Waals surface area contributed by atoms with Gasteiger partial charge in [-0.1, -0.05) is 30.3 Å². The lowest BCUT2D eigenvalue weighted by molar-refractivity contribution is -0.142. The first kappa shape index (κ1) is 17.5. The third-order valence-corrected chi connectivity index (χ3v) is 5.89. The number of hydrogen-bond donors (Lipinski definition) is 2. The predicted octanol–water partition coefficient (Wildman–Crippen LogP) is 3.83. The summed E-state index contributed by atoms with van der Waals surface area (Å²) >= 11 is 0. The number of hydrogen-bond acceptors (Lipinski definition) is 4. The summed E-state index contributed by atoms with van der Waals surface area (Å²) in [6.45, 7) is 1.84. The molecular formula is C20H20F3N5. The number of rotatable bonds is 3. The van der Waals surface area contributed by atoms with Crippen LogP contribution in [-0.2, 0) is 6.18 Å². The van der Waals surface area contributed by atoms with Crippen molar-refractivity contribution in [2.75, 3.05) is 18.4 Å². The lowest BCUT2D eigenvalue weighted by Crippen LogP contribution is -2.45. The van der Waals surface area contributed by atoms with Crippen LogP contribution in [0.25, 0.3) is 16.8 Å². The van der Waals surface area contributed by atoms with Crippen LogP contribution < -0.4 is 10.6 Å². The van der Waals surface area contributed by atoms with Gasteiger partial charge in [0.1, 0.15) is 5.69 Å². The first-order chi connectivity index (χ1) is 13.5. The maximum absolute atomic E-state index is 13.5. The second kappa shape index (κ2) is 6.48. The molecule has 0 amide bonds. The third-order valence-electron chi connectivity index (χ3n) is 5.89. The molecule has 2 N–H and O–H groups in total. The second-order valence-corrected chi connectivity index (χ2v) is 7.59. The van der Waals surface area contributed by atoms with Gasteiger partial charge in [-0.15, -0.1) is 5.10 Å². The molecule has 2 aromatic heterocycles. The summed E-state index contributed by atoms with van der Waals surface area (Å²) in [6.07, 6.45) is -2.27. The Morgan fingerprint density at radius 2 is 1.71 bits per heavy atom. The maximum Gasteiger partial charge on any atom is 0.433 e. The van der Waals surface area contributed by atoms with Gasteiger partial charge in [0.25, 0.3) is 0 Å². The van der Waals surface area contributed by atoms with Crippen LogP contribution in [0.1, 0.15) is 18.5 Å². The van der Waals surface area contributed by atoms with Crippen LogP contribution in [0.2, 0.25) is 0 Å². The average molecular weight is 387 g/mol. The Kier molecular flexibility index (Phi) is 4.04. The van der Waals surface area contributed by atoms with E-state index in [1.807, 2.05) is 30.3 Å². The summed E-state index contributed by atoms with van der Waals surface area (Å²) in [6, 6.07) is 12.0. The molecule has 0 spiro atoms. The van der Waals surface area contributed by atoms with E-state index in [4.69, 9.17) is 0 Å². The monoisotopic (exact) mass is 387 g/mol. The second-order valence-electron chi connectivity index (χ2n) is 7.59. The average Bonchev–Trinajstić information content (AvgIpc) is 3.17. The zero-order valence-corrected chi connectivity index (χ0v) is 15.1. The first-order valence-electron chi connectivity index (χ1n) is 9.50. The molecule has 1 aliphatic carbocycles. The molecule has 8 heteroatoms. The standard InChI is InChI=1S/C20H20F3N5/c21-20(22,23)16-9-8-15(12-4-2-1-3-5-12)18-26-19(27-28(16)18)25-17-13-6-7-14(17)11-24-10-13/h1-5,8-9,13-14,17,24H,6-7,10-11H2,(H,25,27)/t13-,14+,17-. The molecule has 1 saturated heterocycles. The highest BCUT2D eigenvalue weighted by Crippen LogP contribution is 2.37. The molecule has 28 heavy (non-hydrogen) atoms. The van der Waals surface area contributed by atoms with Crippen molar-refractivity contribution in [3.05, 3.63) is 48.2 Å². The fraction of sp³-hybridized carbons (Fsp3) is 0.400. The minimum atomic E-state index is -4.51. The predicted molar refractivity (Wildman–Crippen MR) is 99.9 cm³/mol. The molecule has 146 valence electrons. The molecule has 1 saturated carbocycles. The van der Waals surface area contributed by atoms with E-state index in [9.17, 15) is 13.2 Å². The number of alkyl halides is 3. The highest BCUT2D eigenvalue weighted by atomic mass is 19.4. The van der Waals surface area contributed by atoms with E-state index >= 15 is 0 Å². The van der Waals surface area contributed by atoms with Crippen LogP contribution in [0, 0.1) is 11.8 Å². The summed E-state index contributed by atoms with van der Waals surface area (Å²) in [7, 11) is 0. The third kappa shape index (κ3) is 2.92. The van der Waals surface area contributed by atoms with E-state index in [-0.39, 0.29) is 17.6 Å². The number of nitrogens with zero attached hydrogens (tertiary/aromatic N) is 3. The number of piperidine rings is 1. The Balaban J connectivity index is 1.60. The van der Waals surface area contributed by atoms with Crippen molar-refractivity contribution in [2.24, 2.45) is 11.8 Å². The Labute approximate surface area is 160 Å². The number of halogens is 3. The summed E-state index contributed by atoms with van der Waals surface area (Å²) in [5, 5.41) is 11.0. The molecule has 1 aromatic carbocycles. The Morgan fingerprint density at radius 3 is 2.39 bits per heavy atom. The first-order valence-corrected chi connectivity index (χ1v) is 9.50. The van der Waals surface area contributed by atoms with E-state index in [1.165, 1.54) is 6.07 Å². The van der Waals surface area contributed by atoms with E-state index in [0.29, 0.717) is 17.4 Å². The zero-order chi connectivity index (χ0) is 19.3. The summed E-state index contributed by atoms with van der Waals surface area (Å²) in [5.41, 5.74) is 0.824. The lowest BCUT2D eigenvalue weighted by atomic mass is 9.94. The highest BCUT2D eigenvalue weighted by Gasteiger charge is 2.40. The highest BCUT2D eigenvalue weighted by molar-refractivity contribution is 5.78. The van der Waals surface area contributed by atoms with E-state index in [0.717, 1.165) is 42.1 Å². The van der Waals surface area contributed by atoms with Gasteiger partial charge in [0, 0.05) is 11.6 Å². The minimum Gasteiger partial charge on any atom is -0.350 e. The molecule has 5 rings (SSSR count). The Bertz CT molecular complexity index is 982. The van der Waals surface area contributed by atoms with Gasteiger partial charge in [-0.3, -0.25) is 0 Å². The molecule has 3 heterocycles. The molecule has 2 bridgehead atoms. The van der Waals surface area contributed by atoms with Crippen molar-refractivity contribution >= 4 is 11.6 Å². The summed E-state index contributed by atoms with van der Waals surface area (Å²) < 4.78 is 41.5. The smallest absolute Gasteiger partial charge is 0.350 e. The van der Waals surface area contributed by atoms with Gasteiger partial charge >= 0.3 is 6.18 Å². The van der Waals surface area contributed by atoms with Gasteiger partial charge < -0.3 is 10.6 Å². The molecule has 3 aromatic rings. The molecule has 2 aliphatic rings. The molecule has 0 radical (unpaired) electrons. The largest absolute Gasteiger partial charge is 0.433 e. The lowest BCUT2D eigenvalue weighted by Gasteiger charge is -2.30. The van der Waals surface area contributed by atoms with Crippen molar-refractivity contribution in [1.29, 1.82) is 0 Å². The van der Waals surface area contributed by atoms with Gasteiger partial charge in [-0.2, -0.15) is 18.2 Å². The van der Waals surface area contributed by atoms with Crippen molar-refractivity contribution in [3.8, 4) is 11.1 Å². The van der Waals surface area contributed by atoms with Crippen LogP contribution in [0.4, 0.5) is 19.1 Å². The number of benzene rings is 1. The molecular weight excluding hydrogens is 367 g/mol. The fourth-order valence-corrected chi connectivity index (χ4v) is 4.55. The Morgan fingerprint density at radius 1 is 1.00 bits per heavy atom. The van der Waals surface area contributed by atoms with E-state index in [1.54, 1.807) is 0 Å². The van der Waals surface area contributed by atoms with Crippen LogP contribution in [0.15, 0.2) is 42.5 Å². The number of fused-ring (bicyclic) bond motifs is 3. The van der Waals surface area contributed by atoms with E-state index in [2.05, 4.69) is 20.7 Å². The number of nitrogens with one attached hydrogen (secondary N) is 2. The van der Waals surface area contributed by atoms with Crippen molar-refractivity contribution in [2.45, 2.75) is 25.1 Å². The number of anilines is 1. The van der Waals surface area contributed by atoms with Gasteiger partial charge in [-0.25, -0.2) is 4.52 Å². The van der Waals surface area contributed by atoms with Crippen LogP contribution >= 0.6 is 0 Å². The van der Waals surface area contributed by atoms with Gasteiger partial charge in [-0.05, 0) is 55.5 Å². The Hall–Kier alpha value is -2.61. The van der Waals surface area contributed by atoms with Crippen molar-refractivity contribution in [1.82, 2.24) is 19.9 Å². The van der Waals surface area contributed by atoms with Gasteiger partial charge in [0.15, 0.2) is 5.65 Å². The maximum atomic E-state index is 13.5. The minimum absolute atomic E-state index is 0.202. The van der Waals surface area contributed by atoms with Crippen molar-refractivity contribution < 1.29 is 13.2 Å². The molecule has 5 nitrogen and oxygen atoms in total. The molecule has 2 fully saturated rings. The molecule has 3 atom stereocenters. The van der Waals surface area contributed by atoms with Crippen LogP contribution in [0.5, 0.6) is 0 Å². The van der Waals surface area contributed by atoms with E-state index < -0.39 is 11.9 Å². The zero-order valence-electron chi connectivity index (χ0n) is 15.1. The summed E-state index contributed by atoms with van der Waals surface area (Å²) in [5.74, 6) is 1.18. The topological polar surface area (TPSA) is 54.2 Å². The quantitative estimate of drug-likeness (QED) is 0.717. The van der Waals surface area contributed by atoms with Gasteiger partial charge in [0.05, 0.1) is 0 Å². The van der Waals surface area contributed by atoms with Crippen LogP contribution in [-0.4, -0.2) is 33.7 Å². The SMILES string of the molecule is FC(F)(F)c1ccc(-c2ccccc2)c2nc(N[C@@H]3[C@@H]4CC[C@H]3CNC4)nn12. The van der Waals surface area contributed by atoms with Crippen molar-refractivity contribution in [3.63, 3.8) is 0 Å². The molecule has 0 unspecified atom stereocenters. The van der Waals surface area contributed by atoms with Gasteiger partial charge in [0.2, 0.25) is 5.95 Å². The number of pyridine rings is 1. The number of aromatic nitrogens is 3. The summed E-state index contributed by atoms with van der Waals surface area (Å²) in [4.78, 5) is 4.47. The normalized spacial score (nSPS) is 24.6. The molecule has 1 aliphatic heterocycles. The fourth-order valence-electron chi connectivity index (χ4n) is 4.55. The van der Waals surface area contributed by atoms with Crippen LogP contribution in [0.3, 0.4) is 0 Å².